The molecule has 1 fully saturated rings. The molecule has 1 aliphatic rings. The summed E-state index contributed by atoms with van der Waals surface area (Å²) in [5.74, 6) is -0.577. The van der Waals surface area contributed by atoms with Crippen LogP contribution in [0.4, 0.5) is 4.79 Å². The SMILES string of the molecule is Cc1nc(CCNC(=O)CC2C(=O)N(C)C(=O)N2C)sc1C. The lowest BCUT2D eigenvalue weighted by Gasteiger charge is -2.15. The molecule has 2 heterocycles. The van der Waals surface area contributed by atoms with Crippen LogP contribution in [0.5, 0.6) is 0 Å². The quantitative estimate of drug-likeness (QED) is 0.808. The van der Waals surface area contributed by atoms with Crippen molar-refractivity contribution in [2.75, 3.05) is 20.6 Å². The number of aryl methyl sites for hydroxylation is 2. The highest BCUT2D eigenvalue weighted by Crippen LogP contribution is 2.17. The molecule has 0 aliphatic carbocycles. The summed E-state index contributed by atoms with van der Waals surface area (Å²) in [7, 11) is 2.95. The van der Waals surface area contributed by atoms with E-state index in [2.05, 4.69) is 10.3 Å². The summed E-state index contributed by atoms with van der Waals surface area (Å²) < 4.78 is 0. The van der Waals surface area contributed by atoms with Crippen molar-refractivity contribution in [1.82, 2.24) is 20.1 Å². The molecule has 7 nitrogen and oxygen atoms in total. The van der Waals surface area contributed by atoms with Gasteiger partial charge in [-0.15, -0.1) is 11.3 Å². The number of amides is 4. The number of carbonyl (C=O) groups excluding carboxylic acids is 3. The van der Waals surface area contributed by atoms with Crippen molar-refractivity contribution in [3.8, 4) is 0 Å². The van der Waals surface area contributed by atoms with E-state index in [1.807, 2.05) is 13.8 Å². The Bertz CT molecular complexity index is 594. The molecule has 8 heteroatoms. The number of thiazole rings is 1. The first kappa shape index (κ1) is 16.4. The molecule has 1 aromatic rings. The third kappa shape index (κ3) is 3.27. The first-order valence-corrected chi connectivity index (χ1v) is 7.87. The van der Waals surface area contributed by atoms with Crippen LogP contribution in [0.15, 0.2) is 0 Å². The molecule has 1 unspecified atom stereocenters. The second-order valence-corrected chi connectivity index (χ2v) is 6.65. The minimum absolute atomic E-state index is 0.0126. The van der Waals surface area contributed by atoms with E-state index in [-0.39, 0.29) is 24.3 Å². The number of rotatable bonds is 5. The van der Waals surface area contributed by atoms with E-state index in [4.69, 9.17) is 0 Å². The molecular weight excluding hydrogens is 304 g/mol. The lowest BCUT2D eigenvalue weighted by molar-refractivity contribution is -0.131. The molecule has 0 spiro atoms. The third-order valence-corrected chi connectivity index (χ3v) is 4.92. The highest BCUT2D eigenvalue weighted by atomic mass is 32.1. The first-order valence-electron chi connectivity index (χ1n) is 7.05. The van der Waals surface area contributed by atoms with Gasteiger partial charge in [-0.25, -0.2) is 9.78 Å². The Morgan fingerprint density at radius 3 is 2.50 bits per heavy atom. The van der Waals surface area contributed by atoms with E-state index in [9.17, 15) is 14.4 Å². The van der Waals surface area contributed by atoms with Gasteiger partial charge in [0.15, 0.2) is 0 Å². The maximum atomic E-state index is 11.9. The average molecular weight is 324 g/mol. The monoisotopic (exact) mass is 324 g/mol. The second-order valence-electron chi connectivity index (χ2n) is 5.36. The molecule has 1 aromatic heterocycles. The first-order chi connectivity index (χ1) is 10.3. The van der Waals surface area contributed by atoms with Gasteiger partial charge in [-0.2, -0.15) is 0 Å². The summed E-state index contributed by atoms with van der Waals surface area (Å²) in [4.78, 5) is 43.4. The zero-order valence-corrected chi connectivity index (χ0v) is 14.0. The van der Waals surface area contributed by atoms with Crippen LogP contribution < -0.4 is 5.32 Å². The number of imide groups is 1. The number of hydrogen-bond donors (Lipinski definition) is 1. The molecule has 1 aliphatic heterocycles. The summed E-state index contributed by atoms with van der Waals surface area (Å²) in [6.45, 7) is 4.45. The van der Waals surface area contributed by atoms with Gasteiger partial charge in [-0.1, -0.05) is 0 Å². The number of aromatic nitrogens is 1. The van der Waals surface area contributed by atoms with Crippen LogP contribution >= 0.6 is 11.3 Å². The molecule has 2 rings (SSSR count). The fraction of sp³-hybridized carbons (Fsp3) is 0.571. The second kappa shape index (κ2) is 6.43. The maximum absolute atomic E-state index is 11.9. The number of nitrogens with zero attached hydrogens (tertiary/aromatic N) is 3. The summed E-state index contributed by atoms with van der Waals surface area (Å²) in [6.07, 6.45) is 0.652. The van der Waals surface area contributed by atoms with E-state index < -0.39 is 6.04 Å². The van der Waals surface area contributed by atoms with Gasteiger partial charge in [-0.3, -0.25) is 14.5 Å². The van der Waals surface area contributed by atoms with Crippen molar-refractivity contribution in [3.05, 3.63) is 15.6 Å². The standard InChI is InChI=1S/C14H20N4O3S/c1-8-9(2)22-12(16-8)5-6-15-11(19)7-10-13(20)18(4)14(21)17(10)3/h10H,5-7H2,1-4H3,(H,15,19). The van der Waals surface area contributed by atoms with E-state index in [0.29, 0.717) is 13.0 Å². The molecule has 1 saturated heterocycles. The lowest BCUT2D eigenvalue weighted by Crippen LogP contribution is -2.37. The van der Waals surface area contributed by atoms with Crippen molar-refractivity contribution in [2.45, 2.75) is 32.7 Å². The Hall–Kier alpha value is -1.96. The number of likely N-dealkylation sites (N-methyl/N-ethyl adjacent to an activating group) is 2. The highest BCUT2D eigenvalue weighted by molar-refractivity contribution is 7.11. The molecule has 0 radical (unpaired) electrons. The van der Waals surface area contributed by atoms with Crippen LogP contribution in [0, 0.1) is 13.8 Å². The Morgan fingerprint density at radius 1 is 1.32 bits per heavy atom. The minimum Gasteiger partial charge on any atom is -0.356 e. The van der Waals surface area contributed by atoms with Crippen molar-refractivity contribution < 1.29 is 14.4 Å². The Labute approximate surface area is 133 Å². The van der Waals surface area contributed by atoms with Gasteiger partial charge in [-0.05, 0) is 13.8 Å². The van der Waals surface area contributed by atoms with Crippen LogP contribution in [0.3, 0.4) is 0 Å². The van der Waals surface area contributed by atoms with E-state index in [1.165, 1.54) is 23.9 Å². The Morgan fingerprint density at radius 2 is 2.00 bits per heavy atom. The van der Waals surface area contributed by atoms with Gasteiger partial charge in [0.2, 0.25) is 5.91 Å². The van der Waals surface area contributed by atoms with Crippen LogP contribution in [0.25, 0.3) is 0 Å². The summed E-state index contributed by atoms with van der Waals surface area (Å²) in [5.41, 5.74) is 1.02. The molecule has 0 bridgehead atoms. The maximum Gasteiger partial charge on any atom is 0.326 e. The number of nitrogens with one attached hydrogen (secondary N) is 1. The Balaban J connectivity index is 1.81. The van der Waals surface area contributed by atoms with E-state index in [1.54, 1.807) is 11.3 Å². The number of carbonyl (C=O) groups is 3. The molecule has 22 heavy (non-hydrogen) atoms. The molecule has 120 valence electrons. The molecule has 0 saturated carbocycles. The predicted molar refractivity (Wildman–Crippen MR) is 82.6 cm³/mol. The summed E-state index contributed by atoms with van der Waals surface area (Å²) in [6, 6.07) is -1.08. The zero-order valence-electron chi connectivity index (χ0n) is 13.2. The molecule has 4 amide bonds. The van der Waals surface area contributed by atoms with Crippen LogP contribution in [-0.2, 0) is 16.0 Å². The zero-order chi connectivity index (χ0) is 16.4. The van der Waals surface area contributed by atoms with Gasteiger partial charge in [0.1, 0.15) is 6.04 Å². The molecule has 0 aromatic carbocycles. The molecule has 1 atom stereocenters. The van der Waals surface area contributed by atoms with E-state index >= 15 is 0 Å². The van der Waals surface area contributed by atoms with Gasteiger partial charge in [0, 0.05) is 31.9 Å². The summed E-state index contributed by atoms with van der Waals surface area (Å²) in [5, 5.41) is 3.76. The lowest BCUT2D eigenvalue weighted by atomic mass is 10.2. The van der Waals surface area contributed by atoms with E-state index in [0.717, 1.165) is 15.6 Å². The fourth-order valence-electron chi connectivity index (χ4n) is 2.28. The minimum atomic E-state index is -0.707. The molecular formula is C14H20N4O3S. The normalized spacial score (nSPS) is 18.3. The van der Waals surface area contributed by atoms with Gasteiger partial charge >= 0.3 is 6.03 Å². The number of urea groups is 1. The van der Waals surface area contributed by atoms with Gasteiger partial charge in [0.05, 0.1) is 17.1 Å². The highest BCUT2D eigenvalue weighted by Gasteiger charge is 2.41. The smallest absolute Gasteiger partial charge is 0.326 e. The largest absolute Gasteiger partial charge is 0.356 e. The van der Waals surface area contributed by atoms with Crippen LogP contribution in [-0.4, -0.2) is 59.3 Å². The van der Waals surface area contributed by atoms with Crippen LogP contribution in [0.2, 0.25) is 0 Å². The summed E-state index contributed by atoms with van der Waals surface area (Å²) >= 11 is 1.62. The Kier molecular flexibility index (Phi) is 4.80. The fourth-order valence-corrected chi connectivity index (χ4v) is 3.21. The third-order valence-electron chi connectivity index (χ3n) is 3.78. The topological polar surface area (TPSA) is 82.6 Å². The average Bonchev–Trinajstić information content (AvgIpc) is 2.87. The molecule has 1 N–H and O–H groups in total. The van der Waals surface area contributed by atoms with Gasteiger partial charge < -0.3 is 10.2 Å². The van der Waals surface area contributed by atoms with Crippen molar-refractivity contribution in [1.29, 1.82) is 0 Å². The number of hydrogen-bond acceptors (Lipinski definition) is 5. The van der Waals surface area contributed by atoms with Gasteiger partial charge in [0.25, 0.3) is 5.91 Å². The van der Waals surface area contributed by atoms with Crippen molar-refractivity contribution in [3.63, 3.8) is 0 Å². The van der Waals surface area contributed by atoms with Crippen molar-refractivity contribution >= 4 is 29.2 Å². The predicted octanol–water partition coefficient (Wildman–Crippen LogP) is 0.701. The van der Waals surface area contributed by atoms with Crippen molar-refractivity contribution in [2.24, 2.45) is 0 Å². The van der Waals surface area contributed by atoms with Crippen LogP contribution in [0.1, 0.15) is 22.0 Å².